The van der Waals surface area contributed by atoms with Crippen LogP contribution in [0.2, 0.25) is 0 Å². The number of benzene rings is 1. The second-order valence-electron chi connectivity index (χ2n) is 10.0. The summed E-state index contributed by atoms with van der Waals surface area (Å²) in [4.78, 5) is 19.0. The Morgan fingerprint density at radius 3 is 2.75 bits per heavy atom. The van der Waals surface area contributed by atoms with Crippen molar-refractivity contribution in [3.63, 3.8) is 0 Å². The first-order chi connectivity index (χ1) is 17.6. The molecule has 2 aliphatic rings. The van der Waals surface area contributed by atoms with E-state index in [0.717, 1.165) is 64.4 Å². The molecule has 3 aromatic heterocycles. The summed E-state index contributed by atoms with van der Waals surface area (Å²) in [6.45, 7) is 6.55. The minimum atomic E-state index is 0.0883. The minimum absolute atomic E-state index is 0.0883. The quantitative estimate of drug-likeness (QED) is 0.335. The standard InChI is InChI=1S/C29H29N7/c1-29(2)18-30-14-12-24(29)35-28-26-22(19-7-5-8-19)16-31-17-23(26)34-27(36-28)20-9-6-10-21(15-20)33-25-11-3-4-13-32-25/h3-11,13,15-17,24,30H,12,14,18H2,1-2H3,(H,32,33)(H,34,35,36)/t24-/m0/s1. The molecule has 36 heavy (non-hydrogen) atoms. The van der Waals surface area contributed by atoms with E-state index in [-0.39, 0.29) is 11.5 Å². The average Bonchev–Trinajstić information content (AvgIpc) is 2.85. The Morgan fingerprint density at radius 2 is 1.97 bits per heavy atom. The highest BCUT2D eigenvalue weighted by molar-refractivity contribution is 6.02. The lowest BCUT2D eigenvalue weighted by Gasteiger charge is -2.40. The van der Waals surface area contributed by atoms with Crippen LogP contribution >= 0.6 is 0 Å². The summed E-state index contributed by atoms with van der Waals surface area (Å²) >= 11 is 0. The summed E-state index contributed by atoms with van der Waals surface area (Å²) in [7, 11) is 0. The first kappa shape index (κ1) is 22.4. The first-order valence-electron chi connectivity index (χ1n) is 12.4. The fourth-order valence-electron chi connectivity index (χ4n) is 4.83. The van der Waals surface area contributed by atoms with Gasteiger partial charge in [0.1, 0.15) is 11.6 Å². The van der Waals surface area contributed by atoms with E-state index < -0.39 is 0 Å². The van der Waals surface area contributed by atoms with Gasteiger partial charge in [-0.15, -0.1) is 0 Å². The van der Waals surface area contributed by atoms with Gasteiger partial charge in [0, 0.05) is 41.8 Å². The molecule has 7 heteroatoms. The number of aromatic nitrogens is 4. The third kappa shape index (κ3) is 4.33. The second kappa shape index (κ2) is 9.17. The van der Waals surface area contributed by atoms with Gasteiger partial charge in [0.05, 0.1) is 17.1 Å². The normalized spacial score (nSPS) is 18.4. The van der Waals surface area contributed by atoms with Gasteiger partial charge in [0.2, 0.25) is 0 Å². The summed E-state index contributed by atoms with van der Waals surface area (Å²) in [5.41, 5.74) is 4.99. The highest BCUT2D eigenvalue weighted by Gasteiger charge is 2.33. The maximum absolute atomic E-state index is 5.12. The third-order valence-corrected chi connectivity index (χ3v) is 6.97. The van der Waals surface area contributed by atoms with Gasteiger partial charge in [0.15, 0.2) is 5.82 Å². The van der Waals surface area contributed by atoms with Crippen molar-refractivity contribution in [2.24, 2.45) is 5.41 Å². The number of hydrogen-bond donors (Lipinski definition) is 3. The molecular weight excluding hydrogens is 446 g/mol. The number of allylic oxidation sites excluding steroid dienone is 4. The summed E-state index contributed by atoms with van der Waals surface area (Å²) < 4.78 is 0. The van der Waals surface area contributed by atoms with E-state index in [1.807, 2.05) is 54.9 Å². The van der Waals surface area contributed by atoms with E-state index in [4.69, 9.17) is 9.97 Å². The fourth-order valence-corrected chi connectivity index (χ4v) is 4.83. The monoisotopic (exact) mass is 475 g/mol. The van der Waals surface area contributed by atoms with E-state index >= 15 is 0 Å². The predicted octanol–water partition coefficient (Wildman–Crippen LogP) is 5.58. The number of hydrogen-bond acceptors (Lipinski definition) is 7. The van der Waals surface area contributed by atoms with Crippen LogP contribution in [0.1, 0.15) is 25.8 Å². The van der Waals surface area contributed by atoms with Crippen LogP contribution in [0.15, 0.2) is 79.3 Å². The van der Waals surface area contributed by atoms with E-state index in [2.05, 4.69) is 58.0 Å². The van der Waals surface area contributed by atoms with Crippen molar-refractivity contribution >= 4 is 33.8 Å². The Balaban J connectivity index is 1.44. The topological polar surface area (TPSA) is 87.7 Å². The largest absolute Gasteiger partial charge is 0.366 e. The Hall–Kier alpha value is -4.10. The molecule has 180 valence electrons. The highest BCUT2D eigenvalue weighted by Crippen LogP contribution is 2.36. The maximum atomic E-state index is 5.12. The van der Waals surface area contributed by atoms with Crippen molar-refractivity contribution < 1.29 is 0 Å². The van der Waals surface area contributed by atoms with Gasteiger partial charge in [0.25, 0.3) is 0 Å². The van der Waals surface area contributed by atoms with Gasteiger partial charge >= 0.3 is 0 Å². The number of anilines is 3. The molecule has 0 radical (unpaired) electrons. The average molecular weight is 476 g/mol. The van der Waals surface area contributed by atoms with E-state index in [1.54, 1.807) is 6.20 Å². The van der Waals surface area contributed by atoms with Gasteiger partial charge in [-0.25, -0.2) is 15.0 Å². The molecule has 4 aromatic rings. The van der Waals surface area contributed by atoms with Crippen molar-refractivity contribution in [1.29, 1.82) is 0 Å². The van der Waals surface area contributed by atoms with Crippen LogP contribution in [-0.2, 0) is 0 Å². The molecule has 0 saturated carbocycles. The lowest BCUT2D eigenvalue weighted by Crippen LogP contribution is -2.49. The van der Waals surface area contributed by atoms with E-state index in [9.17, 15) is 0 Å². The van der Waals surface area contributed by atoms with Crippen LogP contribution in [-0.4, -0.2) is 39.1 Å². The van der Waals surface area contributed by atoms with Gasteiger partial charge in [-0.05, 0) is 48.2 Å². The molecule has 0 amide bonds. The zero-order chi connectivity index (χ0) is 24.5. The minimum Gasteiger partial charge on any atom is -0.366 e. The van der Waals surface area contributed by atoms with Crippen LogP contribution in [0, 0.1) is 5.41 Å². The fraction of sp³-hybridized carbons (Fsp3) is 0.241. The SMILES string of the molecule is CC1(C)CNCC[C@@H]1Nc1nc(-c2cccc(Nc3ccccn3)c2)nc2cncc(C3=CC=C3)c12. The van der Waals surface area contributed by atoms with Crippen LogP contribution in [0.25, 0.3) is 27.9 Å². The number of pyridine rings is 2. The molecule has 0 unspecified atom stereocenters. The number of rotatable bonds is 6. The molecule has 1 fully saturated rings. The van der Waals surface area contributed by atoms with Crippen molar-refractivity contribution in [2.75, 3.05) is 23.7 Å². The molecule has 1 atom stereocenters. The Labute approximate surface area is 210 Å². The summed E-state index contributed by atoms with van der Waals surface area (Å²) in [6, 6.07) is 14.2. The summed E-state index contributed by atoms with van der Waals surface area (Å²) in [6.07, 6.45) is 12.8. The number of nitrogens with one attached hydrogen (secondary N) is 3. The molecule has 1 saturated heterocycles. The van der Waals surface area contributed by atoms with Crippen molar-refractivity contribution in [1.82, 2.24) is 25.3 Å². The molecule has 7 nitrogen and oxygen atoms in total. The zero-order valence-corrected chi connectivity index (χ0v) is 20.5. The second-order valence-corrected chi connectivity index (χ2v) is 10.0. The molecule has 1 aliphatic carbocycles. The van der Waals surface area contributed by atoms with Gasteiger partial charge in [-0.2, -0.15) is 0 Å². The van der Waals surface area contributed by atoms with Gasteiger partial charge in [-0.1, -0.05) is 50.3 Å². The highest BCUT2D eigenvalue weighted by atomic mass is 15.1. The van der Waals surface area contributed by atoms with Crippen molar-refractivity contribution in [3.05, 3.63) is 84.8 Å². The molecule has 1 aliphatic heterocycles. The zero-order valence-electron chi connectivity index (χ0n) is 20.5. The molecule has 0 bridgehead atoms. The molecule has 3 N–H and O–H groups in total. The molecule has 0 spiro atoms. The number of nitrogens with zero attached hydrogens (tertiary/aromatic N) is 4. The number of fused-ring (bicyclic) bond motifs is 1. The molecule has 4 heterocycles. The summed E-state index contributed by atoms with van der Waals surface area (Å²) in [5, 5.41) is 11.7. The van der Waals surface area contributed by atoms with Crippen molar-refractivity contribution in [3.8, 4) is 11.4 Å². The first-order valence-corrected chi connectivity index (χ1v) is 12.4. The lowest BCUT2D eigenvalue weighted by molar-refractivity contribution is 0.236. The Bertz CT molecular complexity index is 1470. The Morgan fingerprint density at radius 1 is 1.06 bits per heavy atom. The van der Waals surface area contributed by atoms with Gasteiger partial charge in [-0.3, -0.25) is 4.98 Å². The predicted molar refractivity (Wildman–Crippen MR) is 146 cm³/mol. The van der Waals surface area contributed by atoms with E-state index in [1.165, 1.54) is 0 Å². The lowest BCUT2D eigenvalue weighted by atomic mass is 9.80. The van der Waals surface area contributed by atoms with Crippen LogP contribution in [0.3, 0.4) is 0 Å². The molecule has 1 aromatic carbocycles. The van der Waals surface area contributed by atoms with Crippen molar-refractivity contribution in [2.45, 2.75) is 26.3 Å². The third-order valence-electron chi connectivity index (χ3n) is 6.97. The molecule has 6 rings (SSSR count). The molecular formula is C29H29N7. The summed E-state index contributed by atoms with van der Waals surface area (Å²) in [5.74, 6) is 2.32. The van der Waals surface area contributed by atoms with Gasteiger partial charge < -0.3 is 16.0 Å². The smallest absolute Gasteiger partial charge is 0.162 e. The van der Waals surface area contributed by atoms with Crippen LogP contribution in [0.4, 0.5) is 17.3 Å². The number of piperidine rings is 1. The maximum Gasteiger partial charge on any atom is 0.162 e. The van der Waals surface area contributed by atoms with Crippen LogP contribution < -0.4 is 16.0 Å². The van der Waals surface area contributed by atoms with Crippen LogP contribution in [0.5, 0.6) is 0 Å². The Kier molecular flexibility index (Phi) is 5.70. The van der Waals surface area contributed by atoms with E-state index in [0.29, 0.717) is 5.82 Å².